The van der Waals surface area contributed by atoms with Crippen molar-refractivity contribution < 1.29 is 9.53 Å². The Morgan fingerprint density at radius 2 is 2.08 bits per heavy atom. The van der Waals surface area contributed by atoms with Gasteiger partial charge in [-0.2, -0.15) is 0 Å². The molecule has 25 heavy (non-hydrogen) atoms. The van der Waals surface area contributed by atoms with Crippen LogP contribution in [0, 0.1) is 5.92 Å². The van der Waals surface area contributed by atoms with Gasteiger partial charge in [-0.25, -0.2) is 0 Å². The van der Waals surface area contributed by atoms with Crippen LogP contribution in [0.15, 0.2) is 4.99 Å². The highest BCUT2D eigenvalue weighted by atomic mass is 127. The van der Waals surface area contributed by atoms with Gasteiger partial charge in [0, 0.05) is 32.2 Å². The number of ether oxygens (including phenoxy) is 1. The molecule has 0 aromatic rings. The maximum Gasteiger partial charge on any atom is 0.310 e. The van der Waals surface area contributed by atoms with Crippen LogP contribution in [-0.2, 0) is 9.53 Å². The Kier molecular flexibility index (Phi) is 13.3. The Morgan fingerprint density at radius 3 is 2.64 bits per heavy atom. The molecule has 0 amide bonds. The zero-order valence-corrected chi connectivity index (χ0v) is 18.9. The summed E-state index contributed by atoms with van der Waals surface area (Å²) in [6.45, 7) is 16.3. The molecular weight excluding hydrogens is 431 g/mol. The molecule has 1 unspecified atom stereocenters. The topological polar surface area (TPSA) is 57.2 Å². The molecule has 1 heterocycles. The standard InChI is InChI=1S/C18H36N4O2.HI/c1-6-19-18(20-11-13-21(7-2)15(4)5)22-12-9-10-16(14-22)17(23)24-8-3;/h15-16H,6-14H2,1-5H3,(H,19,20);1H. The van der Waals surface area contributed by atoms with Crippen molar-refractivity contribution in [2.45, 2.75) is 53.5 Å². The summed E-state index contributed by atoms with van der Waals surface area (Å²) in [5, 5.41) is 3.37. The predicted octanol–water partition coefficient (Wildman–Crippen LogP) is 2.58. The summed E-state index contributed by atoms with van der Waals surface area (Å²) in [4.78, 5) is 21.4. The summed E-state index contributed by atoms with van der Waals surface area (Å²) < 4.78 is 5.19. The smallest absolute Gasteiger partial charge is 0.310 e. The number of carbonyl (C=O) groups is 1. The van der Waals surface area contributed by atoms with Crippen molar-refractivity contribution in [3.63, 3.8) is 0 Å². The van der Waals surface area contributed by atoms with Crippen LogP contribution in [0.3, 0.4) is 0 Å². The van der Waals surface area contributed by atoms with Crippen LogP contribution in [-0.4, -0.2) is 73.6 Å². The predicted molar refractivity (Wildman–Crippen MR) is 115 cm³/mol. The van der Waals surface area contributed by atoms with E-state index in [9.17, 15) is 4.79 Å². The lowest BCUT2D eigenvalue weighted by molar-refractivity contribution is -0.149. The molecule has 7 heteroatoms. The van der Waals surface area contributed by atoms with E-state index in [2.05, 4.69) is 42.8 Å². The summed E-state index contributed by atoms with van der Waals surface area (Å²) in [5.41, 5.74) is 0. The number of likely N-dealkylation sites (N-methyl/N-ethyl adjacent to an activating group) is 1. The van der Waals surface area contributed by atoms with E-state index in [1.807, 2.05) is 6.92 Å². The number of piperidine rings is 1. The van der Waals surface area contributed by atoms with Crippen LogP contribution in [0.25, 0.3) is 0 Å². The van der Waals surface area contributed by atoms with E-state index in [0.29, 0.717) is 19.2 Å². The number of rotatable bonds is 8. The third-order valence-corrected chi connectivity index (χ3v) is 4.46. The second-order valence-corrected chi connectivity index (χ2v) is 6.50. The van der Waals surface area contributed by atoms with Gasteiger partial charge in [0.1, 0.15) is 0 Å². The average Bonchev–Trinajstić information content (AvgIpc) is 2.57. The van der Waals surface area contributed by atoms with E-state index in [1.54, 1.807) is 0 Å². The van der Waals surface area contributed by atoms with Gasteiger partial charge in [-0.1, -0.05) is 6.92 Å². The average molecular weight is 468 g/mol. The van der Waals surface area contributed by atoms with Gasteiger partial charge in [0.2, 0.25) is 0 Å². The molecule has 1 aliphatic rings. The number of nitrogens with one attached hydrogen (secondary N) is 1. The second kappa shape index (κ2) is 13.6. The Hall–Kier alpha value is -0.570. The number of carbonyl (C=O) groups excluding carboxylic acids is 1. The Bertz CT molecular complexity index is 405. The van der Waals surface area contributed by atoms with E-state index in [-0.39, 0.29) is 35.9 Å². The highest BCUT2D eigenvalue weighted by molar-refractivity contribution is 14.0. The molecule has 1 rings (SSSR count). The summed E-state index contributed by atoms with van der Waals surface area (Å²) in [5.74, 6) is 0.812. The molecule has 6 nitrogen and oxygen atoms in total. The van der Waals surface area contributed by atoms with Crippen LogP contribution in [0.5, 0.6) is 0 Å². The fraction of sp³-hybridized carbons (Fsp3) is 0.889. The SMILES string of the molecule is CCNC(=NCCN(CC)C(C)C)N1CCCC(C(=O)OCC)C1.I. The minimum Gasteiger partial charge on any atom is -0.466 e. The summed E-state index contributed by atoms with van der Waals surface area (Å²) in [6, 6.07) is 0.538. The van der Waals surface area contributed by atoms with Crippen LogP contribution in [0.1, 0.15) is 47.5 Å². The van der Waals surface area contributed by atoms with Gasteiger partial charge < -0.3 is 15.0 Å². The first kappa shape index (κ1) is 24.4. The minimum atomic E-state index is -0.0741. The number of hydrogen-bond acceptors (Lipinski definition) is 4. The largest absolute Gasteiger partial charge is 0.466 e. The van der Waals surface area contributed by atoms with E-state index in [0.717, 1.165) is 51.5 Å². The summed E-state index contributed by atoms with van der Waals surface area (Å²) in [7, 11) is 0. The Labute approximate surface area is 170 Å². The first-order valence-electron chi connectivity index (χ1n) is 9.47. The molecule has 1 N–H and O–H groups in total. The third-order valence-electron chi connectivity index (χ3n) is 4.46. The first-order valence-corrected chi connectivity index (χ1v) is 9.47. The molecule has 1 saturated heterocycles. The molecule has 1 atom stereocenters. The molecule has 148 valence electrons. The van der Waals surface area contributed by atoms with Crippen molar-refractivity contribution in [3.05, 3.63) is 0 Å². The Morgan fingerprint density at radius 1 is 1.36 bits per heavy atom. The monoisotopic (exact) mass is 468 g/mol. The van der Waals surface area contributed by atoms with Crippen molar-refractivity contribution in [2.24, 2.45) is 10.9 Å². The van der Waals surface area contributed by atoms with Crippen molar-refractivity contribution >= 4 is 35.9 Å². The number of nitrogens with zero attached hydrogens (tertiary/aromatic N) is 3. The molecule has 0 aromatic heterocycles. The van der Waals surface area contributed by atoms with Gasteiger partial charge >= 0.3 is 5.97 Å². The van der Waals surface area contributed by atoms with Crippen LogP contribution < -0.4 is 5.32 Å². The van der Waals surface area contributed by atoms with Crippen molar-refractivity contribution in [2.75, 3.05) is 45.9 Å². The summed E-state index contributed by atoms with van der Waals surface area (Å²) in [6.07, 6.45) is 1.91. The summed E-state index contributed by atoms with van der Waals surface area (Å²) >= 11 is 0. The lowest BCUT2D eigenvalue weighted by atomic mass is 9.98. The lowest BCUT2D eigenvalue weighted by Crippen LogP contribution is -2.48. The third kappa shape index (κ3) is 8.57. The van der Waals surface area contributed by atoms with Gasteiger partial charge in [-0.3, -0.25) is 14.7 Å². The number of likely N-dealkylation sites (tertiary alicyclic amines) is 1. The van der Waals surface area contributed by atoms with Crippen LogP contribution in [0.2, 0.25) is 0 Å². The van der Waals surface area contributed by atoms with E-state index in [4.69, 9.17) is 9.73 Å². The second-order valence-electron chi connectivity index (χ2n) is 6.50. The fourth-order valence-corrected chi connectivity index (χ4v) is 3.11. The van der Waals surface area contributed by atoms with Gasteiger partial charge in [-0.05, 0) is 47.1 Å². The number of aliphatic imine (C=N–C) groups is 1. The molecule has 1 aliphatic heterocycles. The molecule has 0 aliphatic carbocycles. The zero-order chi connectivity index (χ0) is 17.9. The number of hydrogen-bond donors (Lipinski definition) is 1. The van der Waals surface area contributed by atoms with E-state index in [1.165, 1.54) is 0 Å². The highest BCUT2D eigenvalue weighted by Gasteiger charge is 2.28. The van der Waals surface area contributed by atoms with Crippen LogP contribution >= 0.6 is 24.0 Å². The van der Waals surface area contributed by atoms with Crippen molar-refractivity contribution in [1.29, 1.82) is 0 Å². The van der Waals surface area contributed by atoms with Gasteiger partial charge in [0.05, 0.1) is 19.1 Å². The maximum atomic E-state index is 12.0. The van der Waals surface area contributed by atoms with E-state index < -0.39 is 0 Å². The maximum absolute atomic E-state index is 12.0. The molecule has 0 saturated carbocycles. The minimum absolute atomic E-state index is 0. The van der Waals surface area contributed by atoms with Crippen molar-refractivity contribution in [3.8, 4) is 0 Å². The number of halogens is 1. The highest BCUT2D eigenvalue weighted by Crippen LogP contribution is 2.18. The quantitative estimate of drug-likeness (QED) is 0.257. The zero-order valence-electron chi connectivity index (χ0n) is 16.6. The molecule has 1 fully saturated rings. The number of guanidine groups is 1. The van der Waals surface area contributed by atoms with Gasteiger partial charge in [0.15, 0.2) is 5.96 Å². The van der Waals surface area contributed by atoms with E-state index >= 15 is 0 Å². The molecule has 0 spiro atoms. The fourth-order valence-electron chi connectivity index (χ4n) is 3.11. The van der Waals surface area contributed by atoms with Crippen molar-refractivity contribution in [1.82, 2.24) is 15.1 Å². The first-order chi connectivity index (χ1) is 11.5. The van der Waals surface area contributed by atoms with Gasteiger partial charge in [0.25, 0.3) is 0 Å². The van der Waals surface area contributed by atoms with Crippen LogP contribution in [0.4, 0.5) is 0 Å². The molecule has 0 bridgehead atoms. The molecule has 0 radical (unpaired) electrons. The number of esters is 1. The lowest BCUT2D eigenvalue weighted by Gasteiger charge is -2.34. The normalized spacial score (nSPS) is 18.3. The Balaban J connectivity index is 0.00000576. The van der Waals surface area contributed by atoms with Gasteiger partial charge in [-0.15, -0.1) is 24.0 Å². The molecular formula is C18H37IN4O2. The molecule has 0 aromatic carbocycles.